The Balaban J connectivity index is 3.03. The van der Waals surface area contributed by atoms with Crippen LogP contribution in [0, 0.1) is 0 Å². The molecule has 0 aliphatic rings. The van der Waals surface area contributed by atoms with Gasteiger partial charge in [0, 0.05) is 0 Å². The zero-order valence-corrected chi connectivity index (χ0v) is 11.5. The summed E-state index contributed by atoms with van der Waals surface area (Å²) >= 11 is 2.91. The summed E-state index contributed by atoms with van der Waals surface area (Å²) in [7, 11) is 0. The Morgan fingerprint density at radius 2 is 2.05 bits per heavy atom. The number of rotatable bonds is 4. The highest BCUT2D eigenvalue weighted by atomic mass is 79.9. The predicted octanol–water partition coefficient (Wildman–Crippen LogP) is 3.04. The van der Waals surface area contributed by atoms with Crippen molar-refractivity contribution in [3.63, 3.8) is 0 Å². The second-order valence-corrected chi connectivity index (χ2v) is 4.33. The van der Waals surface area contributed by atoms with Gasteiger partial charge in [-0.05, 0) is 34.5 Å². The molecule has 1 aromatic carbocycles. The van der Waals surface area contributed by atoms with E-state index >= 15 is 0 Å². The Labute approximate surface area is 115 Å². The van der Waals surface area contributed by atoms with E-state index in [2.05, 4.69) is 20.7 Å². The summed E-state index contributed by atoms with van der Waals surface area (Å²) in [5, 5.41) is 0. The predicted molar refractivity (Wildman–Crippen MR) is 65.6 cm³/mol. The molecule has 0 bridgehead atoms. The van der Waals surface area contributed by atoms with Gasteiger partial charge in [-0.3, -0.25) is 4.79 Å². The minimum Gasteiger partial charge on any atom is -0.466 e. The van der Waals surface area contributed by atoms with Gasteiger partial charge >= 0.3 is 12.3 Å². The van der Waals surface area contributed by atoms with Crippen LogP contribution < -0.4 is 10.5 Å². The summed E-state index contributed by atoms with van der Waals surface area (Å²) in [5.41, 5.74) is 5.53. The molecule has 19 heavy (non-hydrogen) atoms. The fourth-order valence-corrected chi connectivity index (χ4v) is 1.78. The van der Waals surface area contributed by atoms with Crippen molar-refractivity contribution in [3.8, 4) is 5.75 Å². The number of nitrogen functional groups attached to an aromatic ring is 1. The van der Waals surface area contributed by atoms with Crippen molar-refractivity contribution < 1.29 is 27.4 Å². The van der Waals surface area contributed by atoms with Crippen molar-refractivity contribution in [1.82, 2.24) is 0 Å². The molecule has 0 aromatic heterocycles. The van der Waals surface area contributed by atoms with E-state index in [0.29, 0.717) is 0 Å². The molecular weight excluding hydrogens is 331 g/mol. The van der Waals surface area contributed by atoms with E-state index in [4.69, 9.17) is 10.5 Å². The van der Waals surface area contributed by atoms with Gasteiger partial charge in [0.25, 0.3) is 0 Å². The van der Waals surface area contributed by atoms with Gasteiger partial charge in [0.1, 0.15) is 0 Å². The molecule has 0 unspecified atom stereocenters. The number of carbonyl (C=O) groups is 1. The van der Waals surface area contributed by atoms with Crippen LogP contribution in [0.15, 0.2) is 16.6 Å². The molecule has 0 spiro atoms. The first-order chi connectivity index (χ1) is 8.74. The zero-order chi connectivity index (χ0) is 14.6. The third-order valence-corrected chi connectivity index (χ3v) is 2.72. The molecule has 0 saturated carbocycles. The number of nitrogens with two attached hydrogens (primary N) is 1. The number of carbonyl (C=O) groups excluding carboxylic acids is 1. The van der Waals surface area contributed by atoms with Crippen molar-refractivity contribution in [1.29, 1.82) is 0 Å². The van der Waals surface area contributed by atoms with E-state index in [1.807, 2.05) is 0 Å². The first kappa shape index (κ1) is 15.6. The van der Waals surface area contributed by atoms with E-state index < -0.39 is 18.1 Å². The van der Waals surface area contributed by atoms with Crippen LogP contribution in [0.1, 0.15) is 12.5 Å². The van der Waals surface area contributed by atoms with Gasteiger partial charge in [-0.25, -0.2) is 0 Å². The van der Waals surface area contributed by atoms with Gasteiger partial charge in [-0.1, -0.05) is 6.07 Å². The number of esters is 1. The SMILES string of the molecule is CCOC(=O)Cc1ccc(Br)c(OC(F)(F)F)c1N. The molecule has 0 atom stereocenters. The Kier molecular flexibility index (Phi) is 5.04. The summed E-state index contributed by atoms with van der Waals surface area (Å²) in [6.45, 7) is 1.81. The molecule has 0 heterocycles. The number of alkyl halides is 3. The monoisotopic (exact) mass is 341 g/mol. The summed E-state index contributed by atoms with van der Waals surface area (Å²) in [6, 6.07) is 2.76. The molecule has 8 heteroatoms. The van der Waals surface area contributed by atoms with Crippen molar-refractivity contribution >= 4 is 27.6 Å². The quantitative estimate of drug-likeness (QED) is 0.675. The van der Waals surface area contributed by atoms with Gasteiger partial charge in [0.2, 0.25) is 0 Å². The third-order valence-electron chi connectivity index (χ3n) is 2.10. The van der Waals surface area contributed by atoms with E-state index in [1.54, 1.807) is 6.92 Å². The average molecular weight is 342 g/mol. The summed E-state index contributed by atoms with van der Waals surface area (Å²) in [6.07, 6.45) is -5.08. The van der Waals surface area contributed by atoms with Crippen molar-refractivity contribution in [3.05, 3.63) is 22.2 Å². The van der Waals surface area contributed by atoms with Crippen LogP contribution in [-0.4, -0.2) is 18.9 Å². The second kappa shape index (κ2) is 6.14. The fourth-order valence-electron chi connectivity index (χ4n) is 1.35. The Morgan fingerprint density at radius 1 is 1.42 bits per heavy atom. The van der Waals surface area contributed by atoms with Crippen molar-refractivity contribution in [2.45, 2.75) is 19.7 Å². The molecule has 0 aliphatic heterocycles. The lowest BCUT2D eigenvalue weighted by Crippen LogP contribution is -2.19. The third kappa shape index (κ3) is 4.62. The maximum Gasteiger partial charge on any atom is 0.573 e. The number of hydrogen-bond donors (Lipinski definition) is 1. The highest BCUT2D eigenvalue weighted by molar-refractivity contribution is 9.10. The lowest BCUT2D eigenvalue weighted by molar-refractivity contribution is -0.274. The molecule has 106 valence electrons. The molecule has 0 saturated heterocycles. The van der Waals surface area contributed by atoms with Crippen molar-refractivity contribution in [2.24, 2.45) is 0 Å². The normalized spacial score (nSPS) is 11.2. The molecule has 2 N–H and O–H groups in total. The number of ether oxygens (including phenoxy) is 2. The van der Waals surface area contributed by atoms with Gasteiger partial charge in [0.15, 0.2) is 5.75 Å². The molecule has 1 aromatic rings. The fraction of sp³-hybridized carbons (Fsp3) is 0.364. The number of halogens is 4. The Hall–Kier alpha value is -1.44. The summed E-state index contributed by atoms with van der Waals surface area (Å²) in [5.74, 6) is -1.14. The van der Waals surface area contributed by atoms with Gasteiger partial charge < -0.3 is 15.2 Å². The van der Waals surface area contributed by atoms with Gasteiger partial charge in [-0.15, -0.1) is 13.2 Å². The second-order valence-electron chi connectivity index (χ2n) is 3.48. The van der Waals surface area contributed by atoms with Crippen LogP contribution in [0.5, 0.6) is 5.75 Å². The van der Waals surface area contributed by atoms with Gasteiger partial charge in [-0.2, -0.15) is 0 Å². The highest BCUT2D eigenvalue weighted by Gasteiger charge is 2.33. The van der Waals surface area contributed by atoms with Crippen LogP contribution in [0.25, 0.3) is 0 Å². The lowest BCUT2D eigenvalue weighted by atomic mass is 10.1. The van der Waals surface area contributed by atoms with E-state index in [-0.39, 0.29) is 28.8 Å². The molecule has 0 amide bonds. The van der Waals surface area contributed by atoms with E-state index in [9.17, 15) is 18.0 Å². The number of benzene rings is 1. The zero-order valence-electron chi connectivity index (χ0n) is 9.88. The highest BCUT2D eigenvalue weighted by Crippen LogP contribution is 2.37. The lowest BCUT2D eigenvalue weighted by Gasteiger charge is -2.15. The number of anilines is 1. The van der Waals surface area contributed by atoms with Crippen LogP contribution >= 0.6 is 15.9 Å². The smallest absolute Gasteiger partial charge is 0.466 e. The molecule has 1 rings (SSSR count). The van der Waals surface area contributed by atoms with Crippen LogP contribution in [0.2, 0.25) is 0 Å². The van der Waals surface area contributed by atoms with Crippen LogP contribution in [-0.2, 0) is 16.0 Å². The Bertz CT molecular complexity index is 477. The van der Waals surface area contributed by atoms with Gasteiger partial charge in [0.05, 0.1) is 23.2 Å². The standard InChI is InChI=1S/C11H11BrF3NO3/c1-2-18-8(17)5-6-3-4-7(12)10(9(6)16)19-11(13,14)15/h3-4H,2,5,16H2,1H3. The van der Waals surface area contributed by atoms with Crippen LogP contribution in [0.4, 0.5) is 18.9 Å². The van der Waals surface area contributed by atoms with Crippen LogP contribution in [0.3, 0.4) is 0 Å². The van der Waals surface area contributed by atoms with E-state index in [1.165, 1.54) is 12.1 Å². The minimum atomic E-state index is -4.86. The Morgan fingerprint density at radius 3 is 2.58 bits per heavy atom. The number of hydrogen-bond acceptors (Lipinski definition) is 4. The molecule has 0 aliphatic carbocycles. The topological polar surface area (TPSA) is 61.5 Å². The maximum absolute atomic E-state index is 12.2. The molecule has 4 nitrogen and oxygen atoms in total. The summed E-state index contributed by atoms with van der Waals surface area (Å²) < 4.78 is 45.3. The van der Waals surface area contributed by atoms with Crippen molar-refractivity contribution in [2.75, 3.05) is 12.3 Å². The first-order valence-electron chi connectivity index (χ1n) is 5.22. The molecular formula is C11H11BrF3NO3. The van der Waals surface area contributed by atoms with E-state index in [0.717, 1.165) is 0 Å². The average Bonchev–Trinajstić information content (AvgIpc) is 2.27. The molecule has 0 fully saturated rings. The summed E-state index contributed by atoms with van der Waals surface area (Å²) in [4.78, 5) is 11.3. The largest absolute Gasteiger partial charge is 0.573 e. The molecule has 0 radical (unpaired) electrons. The maximum atomic E-state index is 12.2. The minimum absolute atomic E-state index is 0.0509. The first-order valence-corrected chi connectivity index (χ1v) is 6.02.